The van der Waals surface area contributed by atoms with Gasteiger partial charge in [-0.25, -0.2) is 0 Å². The molecule has 0 aliphatic heterocycles. The van der Waals surface area contributed by atoms with Crippen LogP contribution in [0.1, 0.15) is 23.7 Å². The van der Waals surface area contributed by atoms with Crippen molar-refractivity contribution in [3.8, 4) is 0 Å². The third kappa shape index (κ3) is 5.47. The number of rotatable bonds is 7. The van der Waals surface area contributed by atoms with E-state index in [0.717, 1.165) is 11.8 Å². The molecule has 0 saturated carbocycles. The van der Waals surface area contributed by atoms with Crippen molar-refractivity contribution in [2.24, 2.45) is 0 Å². The van der Waals surface area contributed by atoms with Gasteiger partial charge in [-0.3, -0.25) is 14.4 Å². The maximum Gasteiger partial charge on any atom is 0.316 e. The van der Waals surface area contributed by atoms with E-state index in [1.54, 1.807) is 31.2 Å². The Kier molecular flexibility index (Phi) is 6.74. The van der Waals surface area contributed by atoms with Crippen LogP contribution in [0.4, 0.5) is 0 Å². The summed E-state index contributed by atoms with van der Waals surface area (Å²) in [6, 6.07) is 6.80. The Morgan fingerprint density at radius 1 is 1.29 bits per heavy atom. The Balaban J connectivity index is 2.71. The number of carbonyl (C=O) groups is 3. The smallest absolute Gasteiger partial charge is 0.316 e. The van der Waals surface area contributed by atoms with Crippen molar-refractivity contribution in [3.05, 3.63) is 29.8 Å². The van der Waals surface area contributed by atoms with E-state index < -0.39 is 11.2 Å². The third-order valence-corrected chi connectivity index (χ3v) is 3.86. The molecule has 3 N–H and O–H groups in total. The lowest BCUT2D eigenvalue weighted by Gasteiger charge is -2.11. The molecule has 0 bridgehead atoms. The van der Waals surface area contributed by atoms with Gasteiger partial charge in [0.25, 0.3) is 5.91 Å². The molecule has 0 aromatic heterocycles. The first-order valence-corrected chi connectivity index (χ1v) is 7.31. The molecule has 1 unspecified atom stereocenters. The van der Waals surface area contributed by atoms with Gasteiger partial charge in [-0.15, -0.1) is 11.8 Å². The standard InChI is InChI=1S/C14H18N2O4S/c1-9(14(19)20)21-11-6-4-3-5-10(11)13(18)16-8-7-12(17)15-2/h3-6,9H,7-8H2,1-2H3,(H,15,17)(H,16,18)(H,19,20). The molecule has 0 radical (unpaired) electrons. The molecular formula is C14H18N2O4S. The summed E-state index contributed by atoms with van der Waals surface area (Å²) in [6.07, 6.45) is 0.197. The number of amides is 2. The van der Waals surface area contributed by atoms with Gasteiger partial charge < -0.3 is 15.7 Å². The van der Waals surface area contributed by atoms with Crippen LogP contribution in [0.3, 0.4) is 0 Å². The highest BCUT2D eigenvalue weighted by Gasteiger charge is 2.17. The average molecular weight is 310 g/mol. The van der Waals surface area contributed by atoms with Crippen LogP contribution >= 0.6 is 11.8 Å². The maximum atomic E-state index is 12.1. The lowest BCUT2D eigenvalue weighted by atomic mass is 10.2. The summed E-state index contributed by atoms with van der Waals surface area (Å²) in [5, 5.41) is 13.4. The molecule has 0 spiro atoms. The van der Waals surface area contributed by atoms with Crippen LogP contribution in [-0.2, 0) is 9.59 Å². The van der Waals surface area contributed by atoms with Crippen molar-refractivity contribution in [1.29, 1.82) is 0 Å². The van der Waals surface area contributed by atoms with Gasteiger partial charge in [-0.2, -0.15) is 0 Å². The van der Waals surface area contributed by atoms with E-state index in [0.29, 0.717) is 10.5 Å². The largest absolute Gasteiger partial charge is 0.480 e. The number of carbonyl (C=O) groups excluding carboxylic acids is 2. The number of thioether (sulfide) groups is 1. The van der Waals surface area contributed by atoms with Crippen molar-refractivity contribution < 1.29 is 19.5 Å². The fourth-order valence-corrected chi connectivity index (χ4v) is 2.43. The predicted octanol–water partition coefficient (Wildman–Crippen LogP) is 1.12. The van der Waals surface area contributed by atoms with Crippen molar-refractivity contribution in [3.63, 3.8) is 0 Å². The van der Waals surface area contributed by atoms with Gasteiger partial charge in [0.05, 0.1) is 5.56 Å². The summed E-state index contributed by atoms with van der Waals surface area (Å²) in [4.78, 5) is 34.7. The topological polar surface area (TPSA) is 95.5 Å². The van der Waals surface area contributed by atoms with E-state index in [-0.39, 0.29) is 24.8 Å². The first kappa shape index (κ1) is 17.0. The zero-order valence-electron chi connectivity index (χ0n) is 11.9. The zero-order chi connectivity index (χ0) is 15.8. The van der Waals surface area contributed by atoms with Gasteiger partial charge >= 0.3 is 5.97 Å². The molecule has 0 fully saturated rings. The lowest BCUT2D eigenvalue weighted by molar-refractivity contribution is -0.136. The molecular weight excluding hydrogens is 292 g/mol. The number of aliphatic carboxylic acids is 1. The number of carboxylic acid groups (broad SMARTS) is 1. The predicted molar refractivity (Wildman–Crippen MR) is 80.4 cm³/mol. The minimum Gasteiger partial charge on any atom is -0.480 e. The molecule has 0 saturated heterocycles. The van der Waals surface area contributed by atoms with E-state index in [9.17, 15) is 14.4 Å². The first-order chi connectivity index (χ1) is 9.95. The lowest BCUT2D eigenvalue weighted by Crippen LogP contribution is -2.29. The molecule has 0 aliphatic rings. The molecule has 0 aliphatic carbocycles. The second-order valence-electron chi connectivity index (χ2n) is 4.27. The normalized spacial score (nSPS) is 11.5. The summed E-state index contributed by atoms with van der Waals surface area (Å²) < 4.78 is 0. The number of carboxylic acids is 1. The molecule has 114 valence electrons. The number of hydrogen-bond donors (Lipinski definition) is 3. The van der Waals surface area contributed by atoms with Crippen molar-refractivity contribution >= 4 is 29.5 Å². The molecule has 0 heterocycles. The maximum absolute atomic E-state index is 12.1. The van der Waals surface area contributed by atoms with Gasteiger partial charge in [0.15, 0.2) is 0 Å². The minimum atomic E-state index is -0.935. The highest BCUT2D eigenvalue weighted by Crippen LogP contribution is 2.26. The summed E-state index contributed by atoms with van der Waals surface area (Å²) >= 11 is 1.11. The Bertz CT molecular complexity index is 533. The number of nitrogens with one attached hydrogen (secondary N) is 2. The van der Waals surface area contributed by atoms with Crippen molar-refractivity contribution in [2.75, 3.05) is 13.6 Å². The second-order valence-corrected chi connectivity index (χ2v) is 5.66. The SMILES string of the molecule is CNC(=O)CCNC(=O)c1ccccc1SC(C)C(=O)O. The summed E-state index contributed by atoms with van der Waals surface area (Å²) in [7, 11) is 1.53. The van der Waals surface area contributed by atoms with Crippen LogP contribution in [0.15, 0.2) is 29.2 Å². The van der Waals surface area contributed by atoms with Gasteiger partial charge in [0.2, 0.25) is 5.91 Å². The summed E-state index contributed by atoms with van der Waals surface area (Å²) in [5.74, 6) is -1.41. The Morgan fingerprint density at radius 2 is 1.95 bits per heavy atom. The van der Waals surface area contributed by atoms with Crippen LogP contribution in [0, 0.1) is 0 Å². The van der Waals surface area contributed by atoms with E-state index in [4.69, 9.17) is 5.11 Å². The van der Waals surface area contributed by atoms with Crippen molar-refractivity contribution in [2.45, 2.75) is 23.5 Å². The highest BCUT2D eigenvalue weighted by molar-refractivity contribution is 8.00. The Hall–Kier alpha value is -2.02. The van der Waals surface area contributed by atoms with E-state index in [1.807, 2.05) is 0 Å². The molecule has 7 heteroatoms. The molecule has 2 amide bonds. The van der Waals surface area contributed by atoms with Crippen LogP contribution < -0.4 is 10.6 Å². The fraction of sp³-hybridized carbons (Fsp3) is 0.357. The molecule has 1 aromatic carbocycles. The van der Waals surface area contributed by atoms with Crippen LogP contribution in [0.5, 0.6) is 0 Å². The van der Waals surface area contributed by atoms with E-state index >= 15 is 0 Å². The zero-order valence-corrected chi connectivity index (χ0v) is 12.7. The molecule has 1 atom stereocenters. The van der Waals surface area contributed by atoms with Crippen LogP contribution in [0.2, 0.25) is 0 Å². The van der Waals surface area contributed by atoms with Gasteiger partial charge in [0, 0.05) is 24.9 Å². The van der Waals surface area contributed by atoms with Crippen LogP contribution in [-0.4, -0.2) is 41.7 Å². The minimum absolute atomic E-state index is 0.155. The molecule has 6 nitrogen and oxygen atoms in total. The molecule has 1 aromatic rings. The van der Waals surface area contributed by atoms with E-state index in [2.05, 4.69) is 10.6 Å². The number of hydrogen-bond acceptors (Lipinski definition) is 4. The fourth-order valence-electron chi connectivity index (χ4n) is 1.51. The summed E-state index contributed by atoms with van der Waals surface area (Å²) in [5.41, 5.74) is 0.410. The average Bonchev–Trinajstić information content (AvgIpc) is 2.47. The highest BCUT2D eigenvalue weighted by atomic mass is 32.2. The third-order valence-electron chi connectivity index (χ3n) is 2.70. The van der Waals surface area contributed by atoms with Crippen molar-refractivity contribution in [1.82, 2.24) is 10.6 Å². The Labute approximate surface area is 127 Å². The second kappa shape index (κ2) is 8.31. The van der Waals surface area contributed by atoms with Crippen LogP contribution in [0.25, 0.3) is 0 Å². The summed E-state index contributed by atoms with van der Waals surface area (Å²) in [6.45, 7) is 1.79. The van der Waals surface area contributed by atoms with Gasteiger partial charge in [-0.1, -0.05) is 12.1 Å². The first-order valence-electron chi connectivity index (χ1n) is 6.43. The number of benzene rings is 1. The van der Waals surface area contributed by atoms with Gasteiger partial charge in [0.1, 0.15) is 5.25 Å². The van der Waals surface area contributed by atoms with Gasteiger partial charge in [-0.05, 0) is 19.1 Å². The Morgan fingerprint density at radius 3 is 2.57 bits per heavy atom. The quantitative estimate of drug-likeness (QED) is 0.656. The van der Waals surface area contributed by atoms with E-state index in [1.165, 1.54) is 7.05 Å². The monoisotopic (exact) mass is 310 g/mol. The molecule has 21 heavy (non-hydrogen) atoms. The molecule has 1 rings (SSSR count).